The highest BCUT2D eigenvalue weighted by atomic mass is 14.1. The van der Waals surface area contributed by atoms with Crippen LogP contribution in [0.15, 0.2) is 70.9 Å². The molecule has 0 unspecified atom stereocenters. The van der Waals surface area contributed by atoms with Crippen LogP contribution in [0, 0.1) is 11.8 Å². The summed E-state index contributed by atoms with van der Waals surface area (Å²) in [6.45, 7) is 26.1. The first-order chi connectivity index (χ1) is 15.0. The lowest BCUT2D eigenvalue weighted by molar-refractivity contribution is 0.611. The molecule has 0 nitrogen and oxygen atoms in total. The minimum atomic E-state index is 0.632. The maximum absolute atomic E-state index is 4.07. The van der Waals surface area contributed by atoms with E-state index in [9.17, 15) is 0 Å². The van der Waals surface area contributed by atoms with Crippen molar-refractivity contribution in [2.45, 2.75) is 120 Å². The van der Waals surface area contributed by atoms with E-state index >= 15 is 0 Å². The fourth-order valence-electron chi connectivity index (χ4n) is 3.54. The Bertz CT molecular complexity index is 617. The standard InChI is InChI=1S/C32H54/c1-25(2)31(9)23-21-29(7)19-13-17-27(5)15-11-12-16-28(6)18-14-20-30(8)22-24-32(10)26(3)4/h15-16,19-20,31-32H,1,3,11-14,17-18,21-24H2,2,4-10H3/b27-15+,28-16+,29-19+,30-20+/t31-,32+. The molecule has 0 aliphatic carbocycles. The molecule has 0 fully saturated rings. The molecule has 0 aromatic rings. The number of rotatable bonds is 17. The van der Waals surface area contributed by atoms with Crippen LogP contribution >= 0.6 is 0 Å². The maximum atomic E-state index is 4.07. The van der Waals surface area contributed by atoms with E-state index in [1.165, 1.54) is 84.8 Å². The second-order valence-electron chi connectivity index (χ2n) is 10.4. The van der Waals surface area contributed by atoms with Gasteiger partial charge in [0.1, 0.15) is 0 Å². The van der Waals surface area contributed by atoms with E-state index in [4.69, 9.17) is 0 Å². The Labute approximate surface area is 202 Å². The first-order valence-electron chi connectivity index (χ1n) is 13.0. The zero-order valence-corrected chi connectivity index (χ0v) is 22.9. The highest BCUT2D eigenvalue weighted by molar-refractivity contribution is 5.07. The Hall–Kier alpha value is -1.56. The molecule has 0 amide bonds. The molecule has 0 saturated carbocycles. The van der Waals surface area contributed by atoms with E-state index in [-0.39, 0.29) is 0 Å². The van der Waals surface area contributed by atoms with Crippen LogP contribution in [-0.2, 0) is 0 Å². The summed E-state index contributed by atoms with van der Waals surface area (Å²) in [5.41, 5.74) is 8.71. The lowest BCUT2D eigenvalue weighted by Gasteiger charge is -2.10. The van der Waals surface area contributed by atoms with Gasteiger partial charge >= 0.3 is 0 Å². The smallest absolute Gasteiger partial charge is 0.0234 e. The average Bonchev–Trinajstić information content (AvgIpc) is 2.73. The van der Waals surface area contributed by atoms with Gasteiger partial charge in [-0.15, -0.1) is 0 Å². The Balaban J connectivity index is 4.10. The summed E-state index contributed by atoms with van der Waals surface area (Å²) in [6, 6.07) is 0. The van der Waals surface area contributed by atoms with Gasteiger partial charge in [-0.1, -0.05) is 84.7 Å². The molecule has 0 heterocycles. The summed E-state index contributed by atoms with van der Waals surface area (Å²) >= 11 is 0. The molecule has 32 heavy (non-hydrogen) atoms. The SMILES string of the molecule is C=C(C)[C@H](C)CC/C(C)=C/CC/C(C)=C/CC/C=C(\C)CC/C=C(\C)CC[C@H](C)C(=C)C. The second kappa shape index (κ2) is 17.9. The second-order valence-corrected chi connectivity index (χ2v) is 10.4. The average molecular weight is 439 g/mol. The molecule has 182 valence electrons. The Kier molecular flexibility index (Phi) is 17.1. The maximum Gasteiger partial charge on any atom is -0.0234 e. The monoisotopic (exact) mass is 438 g/mol. The molecular weight excluding hydrogens is 384 g/mol. The van der Waals surface area contributed by atoms with E-state index in [0.29, 0.717) is 11.8 Å². The third-order valence-electron chi connectivity index (χ3n) is 6.84. The molecule has 0 aliphatic rings. The Morgan fingerprint density at radius 2 is 0.781 bits per heavy atom. The van der Waals surface area contributed by atoms with Crippen LogP contribution in [0.4, 0.5) is 0 Å². The van der Waals surface area contributed by atoms with Crippen molar-refractivity contribution < 1.29 is 0 Å². The number of unbranched alkanes of at least 4 members (excludes halogenated alkanes) is 1. The summed E-state index contributed by atoms with van der Waals surface area (Å²) in [4.78, 5) is 0. The predicted octanol–water partition coefficient (Wildman–Crippen LogP) is 11.1. The van der Waals surface area contributed by atoms with E-state index < -0.39 is 0 Å². The van der Waals surface area contributed by atoms with Crippen molar-refractivity contribution >= 4 is 0 Å². The van der Waals surface area contributed by atoms with Crippen molar-refractivity contribution in [2.75, 3.05) is 0 Å². The van der Waals surface area contributed by atoms with Crippen molar-refractivity contribution in [1.82, 2.24) is 0 Å². The van der Waals surface area contributed by atoms with Gasteiger partial charge in [-0.05, 0) is 118 Å². The van der Waals surface area contributed by atoms with Crippen LogP contribution in [0.5, 0.6) is 0 Å². The van der Waals surface area contributed by atoms with Gasteiger partial charge in [0, 0.05) is 0 Å². The van der Waals surface area contributed by atoms with E-state index in [2.05, 4.69) is 92.9 Å². The van der Waals surface area contributed by atoms with Crippen LogP contribution in [0.3, 0.4) is 0 Å². The van der Waals surface area contributed by atoms with E-state index in [0.717, 1.165) is 12.8 Å². The van der Waals surface area contributed by atoms with Crippen LogP contribution in [0.2, 0.25) is 0 Å². The van der Waals surface area contributed by atoms with Gasteiger partial charge in [0.25, 0.3) is 0 Å². The molecule has 0 aromatic carbocycles. The summed E-state index contributed by atoms with van der Waals surface area (Å²) in [6.07, 6.45) is 21.6. The highest BCUT2D eigenvalue weighted by Gasteiger charge is 2.03. The molecule has 0 radical (unpaired) electrons. The van der Waals surface area contributed by atoms with Crippen LogP contribution in [0.25, 0.3) is 0 Å². The van der Waals surface area contributed by atoms with Gasteiger partial charge < -0.3 is 0 Å². The topological polar surface area (TPSA) is 0 Å². The van der Waals surface area contributed by atoms with Crippen molar-refractivity contribution in [1.29, 1.82) is 0 Å². The van der Waals surface area contributed by atoms with E-state index in [1.54, 1.807) is 0 Å². The lowest BCUT2D eigenvalue weighted by Crippen LogP contribution is -1.95. The summed E-state index contributed by atoms with van der Waals surface area (Å²) in [7, 11) is 0. The highest BCUT2D eigenvalue weighted by Crippen LogP contribution is 2.20. The number of allylic oxidation sites excluding steroid dienone is 10. The Morgan fingerprint density at radius 1 is 0.500 bits per heavy atom. The van der Waals surface area contributed by atoms with Crippen LogP contribution in [-0.4, -0.2) is 0 Å². The molecule has 0 aromatic heterocycles. The van der Waals surface area contributed by atoms with Crippen LogP contribution in [0.1, 0.15) is 120 Å². The first-order valence-corrected chi connectivity index (χ1v) is 13.0. The van der Waals surface area contributed by atoms with Gasteiger partial charge in [-0.2, -0.15) is 0 Å². The molecule has 0 spiro atoms. The largest absolute Gasteiger partial charge is 0.0999 e. The molecule has 0 rings (SSSR count). The van der Waals surface area contributed by atoms with Gasteiger partial charge in [-0.25, -0.2) is 0 Å². The quantitative estimate of drug-likeness (QED) is 0.156. The van der Waals surface area contributed by atoms with Gasteiger partial charge in [0.15, 0.2) is 0 Å². The zero-order chi connectivity index (χ0) is 24.5. The fraction of sp³-hybridized carbons (Fsp3) is 0.625. The Morgan fingerprint density at radius 3 is 1.09 bits per heavy atom. The summed E-state index contributed by atoms with van der Waals surface area (Å²) < 4.78 is 0. The fourth-order valence-corrected chi connectivity index (χ4v) is 3.54. The first kappa shape index (κ1) is 30.4. The van der Waals surface area contributed by atoms with E-state index in [1.807, 2.05) is 0 Å². The minimum Gasteiger partial charge on any atom is -0.0999 e. The molecule has 0 aliphatic heterocycles. The zero-order valence-electron chi connectivity index (χ0n) is 22.9. The van der Waals surface area contributed by atoms with Gasteiger partial charge in [0.2, 0.25) is 0 Å². The molecule has 0 saturated heterocycles. The van der Waals surface area contributed by atoms with Crippen LogP contribution < -0.4 is 0 Å². The third-order valence-corrected chi connectivity index (χ3v) is 6.84. The summed E-state index contributed by atoms with van der Waals surface area (Å²) in [5, 5.41) is 0. The minimum absolute atomic E-state index is 0.632. The molecular formula is C32H54. The molecule has 2 atom stereocenters. The van der Waals surface area contributed by atoms with Crippen molar-refractivity contribution in [3.05, 3.63) is 70.9 Å². The lowest BCUT2D eigenvalue weighted by atomic mass is 9.95. The number of hydrogen-bond donors (Lipinski definition) is 0. The van der Waals surface area contributed by atoms with Gasteiger partial charge in [-0.3, -0.25) is 0 Å². The van der Waals surface area contributed by atoms with Crippen molar-refractivity contribution in [2.24, 2.45) is 11.8 Å². The van der Waals surface area contributed by atoms with Crippen molar-refractivity contribution in [3.8, 4) is 0 Å². The number of hydrogen-bond acceptors (Lipinski definition) is 0. The van der Waals surface area contributed by atoms with Gasteiger partial charge in [0.05, 0.1) is 0 Å². The summed E-state index contributed by atoms with van der Waals surface area (Å²) in [5.74, 6) is 1.26. The molecule has 0 bridgehead atoms. The molecule has 0 heteroatoms. The van der Waals surface area contributed by atoms with Crippen molar-refractivity contribution in [3.63, 3.8) is 0 Å². The third kappa shape index (κ3) is 17.0. The predicted molar refractivity (Wildman–Crippen MR) is 149 cm³/mol. The normalized spacial score (nSPS) is 15.6. The molecule has 0 N–H and O–H groups in total.